The second-order valence-corrected chi connectivity index (χ2v) is 3.82. The first kappa shape index (κ1) is 12.4. The van der Waals surface area contributed by atoms with Gasteiger partial charge >= 0.3 is 0 Å². The Labute approximate surface area is 111 Å². The number of rotatable bonds is 5. The van der Waals surface area contributed by atoms with Crippen molar-refractivity contribution < 1.29 is 4.74 Å². The topological polar surface area (TPSA) is 34.5 Å². The Bertz CT molecular complexity index is 533. The van der Waals surface area contributed by atoms with Crippen molar-refractivity contribution in [3.8, 4) is 5.88 Å². The number of aliphatic imine (C=N–C) groups is 1. The van der Waals surface area contributed by atoms with Gasteiger partial charge in [-0.2, -0.15) is 4.99 Å². The number of hydrogen-bond donors (Lipinski definition) is 0. The fraction of sp³-hybridized carbons (Fsp3) is 0.143. The number of ether oxygens (including phenoxy) is 1. The van der Waals surface area contributed by atoms with Crippen LogP contribution < -0.4 is 4.74 Å². The van der Waals surface area contributed by atoms with Crippen LogP contribution >= 0.6 is 12.2 Å². The summed E-state index contributed by atoms with van der Waals surface area (Å²) >= 11 is 4.52. The highest BCUT2D eigenvalue weighted by Gasteiger charge is 1.97. The molecule has 1 aromatic heterocycles. The molecule has 4 heteroatoms. The number of isothiocyanates is 1. The van der Waals surface area contributed by atoms with Crippen LogP contribution in [0.5, 0.6) is 5.88 Å². The summed E-state index contributed by atoms with van der Waals surface area (Å²) in [5, 5.41) is 2.30. The minimum absolute atomic E-state index is 0.592. The van der Waals surface area contributed by atoms with E-state index in [2.05, 4.69) is 39.5 Å². The van der Waals surface area contributed by atoms with Gasteiger partial charge in [0.2, 0.25) is 5.88 Å². The molecule has 0 saturated carbocycles. The predicted octanol–water partition coefficient (Wildman–Crippen LogP) is 3.44. The highest BCUT2D eigenvalue weighted by molar-refractivity contribution is 7.78. The molecule has 2 aromatic rings. The molecule has 3 nitrogen and oxygen atoms in total. The van der Waals surface area contributed by atoms with Crippen LogP contribution in [0.4, 0.5) is 5.69 Å². The molecule has 90 valence electrons. The first-order valence-electron chi connectivity index (χ1n) is 5.59. The first-order chi connectivity index (χ1) is 8.88. The van der Waals surface area contributed by atoms with E-state index in [0.29, 0.717) is 18.2 Å². The quantitative estimate of drug-likeness (QED) is 0.607. The Morgan fingerprint density at radius 3 is 2.67 bits per heavy atom. The number of aromatic nitrogens is 1. The Kier molecular flexibility index (Phi) is 4.59. The average molecular weight is 256 g/mol. The molecule has 0 N–H and O–H groups in total. The van der Waals surface area contributed by atoms with E-state index >= 15 is 0 Å². The Morgan fingerprint density at radius 1 is 1.17 bits per heavy atom. The smallest absolute Gasteiger partial charge is 0.213 e. The molecule has 0 unspecified atom stereocenters. The number of nitrogens with zero attached hydrogens (tertiary/aromatic N) is 2. The molecule has 0 aliphatic carbocycles. The molecule has 0 saturated heterocycles. The lowest BCUT2D eigenvalue weighted by Gasteiger charge is -2.05. The van der Waals surface area contributed by atoms with Crippen LogP contribution in [-0.4, -0.2) is 16.8 Å². The van der Waals surface area contributed by atoms with Crippen molar-refractivity contribution in [2.75, 3.05) is 6.61 Å². The van der Waals surface area contributed by atoms with Crippen LogP contribution in [0.2, 0.25) is 0 Å². The minimum atomic E-state index is 0.592. The van der Waals surface area contributed by atoms with E-state index < -0.39 is 0 Å². The van der Waals surface area contributed by atoms with E-state index in [1.807, 2.05) is 18.2 Å². The second-order valence-electron chi connectivity index (χ2n) is 3.64. The fourth-order valence-corrected chi connectivity index (χ4v) is 1.60. The molecule has 0 aliphatic heterocycles. The molecule has 2 rings (SSSR count). The molecule has 0 bridgehead atoms. The van der Waals surface area contributed by atoms with E-state index in [1.54, 1.807) is 18.3 Å². The van der Waals surface area contributed by atoms with Crippen LogP contribution in [0.1, 0.15) is 5.56 Å². The maximum atomic E-state index is 5.54. The predicted molar refractivity (Wildman–Crippen MR) is 74.6 cm³/mol. The van der Waals surface area contributed by atoms with Crippen LogP contribution in [0.15, 0.2) is 53.7 Å². The Morgan fingerprint density at radius 2 is 2.00 bits per heavy atom. The summed E-state index contributed by atoms with van der Waals surface area (Å²) in [6.07, 6.45) is 2.47. The molecule has 0 spiro atoms. The van der Waals surface area contributed by atoms with E-state index in [1.165, 1.54) is 5.56 Å². The minimum Gasteiger partial charge on any atom is -0.477 e. The zero-order chi connectivity index (χ0) is 12.6. The van der Waals surface area contributed by atoms with E-state index in [0.717, 1.165) is 6.42 Å². The standard InChI is InChI=1S/C14H12N2OS/c18-11-16-13-6-7-14(15-10-13)17-9-8-12-4-2-1-3-5-12/h1-7,10H,8-9H2. The molecule has 1 heterocycles. The third-order valence-corrected chi connectivity index (χ3v) is 2.47. The molecule has 18 heavy (non-hydrogen) atoms. The lowest BCUT2D eigenvalue weighted by atomic mass is 10.2. The number of pyridine rings is 1. The van der Waals surface area contributed by atoms with Gasteiger partial charge in [-0.25, -0.2) is 4.98 Å². The van der Waals surface area contributed by atoms with Gasteiger partial charge in [-0.1, -0.05) is 30.3 Å². The fourth-order valence-electron chi connectivity index (χ4n) is 1.49. The molecule has 0 aliphatic rings. The van der Waals surface area contributed by atoms with Crippen molar-refractivity contribution >= 4 is 23.1 Å². The summed E-state index contributed by atoms with van der Waals surface area (Å²) in [5.74, 6) is 0.592. The molecule has 0 fully saturated rings. The van der Waals surface area contributed by atoms with Crippen LogP contribution in [0.25, 0.3) is 0 Å². The summed E-state index contributed by atoms with van der Waals surface area (Å²) in [4.78, 5) is 7.95. The largest absolute Gasteiger partial charge is 0.477 e. The zero-order valence-electron chi connectivity index (χ0n) is 9.74. The van der Waals surface area contributed by atoms with Gasteiger partial charge in [0, 0.05) is 12.5 Å². The number of thiocarbonyl (C=S) groups is 1. The Hall–Kier alpha value is -2.03. The van der Waals surface area contributed by atoms with Crippen LogP contribution in [-0.2, 0) is 6.42 Å². The lowest BCUT2D eigenvalue weighted by Crippen LogP contribution is -2.02. The van der Waals surface area contributed by atoms with Crippen molar-refractivity contribution in [2.24, 2.45) is 4.99 Å². The molecule has 1 aromatic carbocycles. The van der Waals surface area contributed by atoms with Gasteiger partial charge in [-0.3, -0.25) is 0 Å². The molecule has 0 radical (unpaired) electrons. The highest BCUT2D eigenvalue weighted by Crippen LogP contribution is 2.14. The van der Waals surface area contributed by atoms with Crippen molar-refractivity contribution in [1.82, 2.24) is 4.98 Å². The molecular weight excluding hydrogens is 244 g/mol. The molecule has 0 amide bonds. The number of benzene rings is 1. The maximum absolute atomic E-state index is 5.54. The summed E-state index contributed by atoms with van der Waals surface area (Å²) in [5.41, 5.74) is 1.93. The van der Waals surface area contributed by atoms with Crippen molar-refractivity contribution in [3.63, 3.8) is 0 Å². The lowest BCUT2D eigenvalue weighted by molar-refractivity contribution is 0.309. The van der Waals surface area contributed by atoms with Gasteiger partial charge in [0.1, 0.15) is 0 Å². The van der Waals surface area contributed by atoms with Crippen LogP contribution in [0.3, 0.4) is 0 Å². The van der Waals surface area contributed by atoms with Gasteiger partial charge in [0.05, 0.1) is 23.7 Å². The van der Waals surface area contributed by atoms with Gasteiger partial charge in [-0.15, -0.1) is 0 Å². The SMILES string of the molecule is S=C=Nc1ccc(OCCc2ccccc2)nc1. The monoisotopic (exact) mass is 256 g/mol. The van der Waals surface area contributed by atoms with Crippen molar-refractivity contribution in [3.05, 3.63) is 54.2 Å². The second kappa shape index (κ2) is 6.64. The molecular formula is C14H12N2OS. The van der Waals surface area contributed by atoms with E-state index in [4.69, 9.17) is 4.74 Å². The van der Waals surface area contributed by atoms with Crippen molar-refractivity contribution in [2.45, 2.75) is 6.42 Å². The van der Waals surface area contributed by atoms with Gasteiger partial charge in [0.25, 0.3) is 0 Å². The summed E-state index contributed by atoms with van der Waals surface area (Å²) in [6.45, 7) is 0.604. The van der Waals surface area contributed by atoms with Gasteiger partial charge in [0.15, 0.2) is 0 Å². The summed E-state index contributed by atoms with van der Waals surface area (Å²) in [7, 11) is 0. The maximum Gasteiger partial charge on any atom is 0.213 e. The normalized spacial score (nSPS) is 9.56. The third-order valence-electron chi connectivity index (χ3n) is 2.38. The van der Waals surface area contributed by atoms with Gasteiger partial charge in [-0.05, 0) is 23.8 Å². The van der Waals surface area contributed by atoms with E-state index in [-0.39, 0.29) is 0 Å². The van der Waals surface area contributed by atoms with Gasteiger partial charge < -0.3 is 4.74 Å². The summed E-state index contributed by atoms with van der Waals surface area (Å²) in [6, 6.07) is 13.8. The molecule has 0 atom stereocenters. The third kappa shape index (κ3) is 3.77. The first-order valence-corrected chi connectivity index (χ1v) is 6.00. The zero-order valence-corrected chi connectivity index (χ0v) is 10.6. The van der Waals surface area contributed by atoms with E-state index in [9.17, 15) is 0 Å². The van der Waals surface area contributed by atoms with Crippen molar-refractivity contribution in [1.29, 1.82) is 0 Å². The van der Waals surface area contributed by atoms with Crippen LogP contribution in [0, 0.1) is 0 Å². The number of hydrogen-bond acceptors (Lipinski definition) is 4. The average Bonchev–Trinajstić information content (AvgIpc) is 2.42. The highest BCUT2D eigenvalue weighted by atomic mass is 32.1. The summed E-state index contributed by atoms with van der Waals surface area (Å²) < 4.78 is 5.54. The Balaban J connectivity index is 1.85.